The van der Waals surface area contributed by atoms with E-state index in [1.807, 2.05) is 26.0 Å². The molecule has 0 saturated heterocycles. The van der Waals surface area contributed by atoms with Gasteiger partial charge in [-0.3, -0.25) is 9.59 Å². The van der Waals surface area contributed by atoms with Gasteiger partial charge in [0, 0.05) is 19.2 Å². The van der Waals surface area contributed by atoms with Crippen molar-refractivity contribution in [2.75, 3.05) is 11.9 Å². The Labute approximate surface area is 152 Å². The second-order valence-corrected chi connectivity index (χ2v) is 5.98. The molecule has 2 aromatic carbocycles. The topological polar surface area (TPSA) is 84.5 Å². The average molecular weight is 354 g/mol. The SMILES string of the molecule is CC(=O)NCc1ccc(C(=O)OCC(=O)Nc2cccc(C)c2C)cc1. The van der Waals surface area contributed by atoms with E-state index in [1.165, 1.54) is 6.92 Å². The Kier molecular flexibility index (Phi) is 6.49. The first-order valence-corrected chi connectivity index (χ1v) is 8.23. The molecule has 0 atom stereocenters. The van der Waals surface area contributed by atoms with Crippen LogP contribution in [0.3, 0.4) is 0 Å². The summed E-state index contributed by atoms with van der Waals surface area (Å²) in [6, 6.07) is 12.3. The van der Waals surface area contributed by atoms with Crippen LogP contribution in [-0.2, 0) is 20.9 Å². The summed E-state index contributed by atoms with van der Waals surface area (Å²) in [6.45, 7) is 5.35. The molecular formula is C20H22N2O4. The second-order valence-electron chi connectivity index (χ2n) is 5.98. The number of aryl methyl sites for hydroxylation is 1. The van der Waals surface area contributed by atoms with Crippen LogP contribution in [-0.4, -0.2) is 24.4 Å². The zero-order valence-corrected chi connectivity index (χ0v) is 15.1. The minimum absolute atomic E-state index is 0.122. The van der Waals surface area contributed by atoms with Crippen LogP contribution in [0, 0.1) is 13.8 Å². The number of esters is 1. The molecule has 0 aliphatic heterocycles. The summed E-state index contributed by atoms with van der Waals surface area (Å²) >= 11 is 0. The highest BCUT2D eigenvalue weighted by Gasteiger charge is 2.11. The van der Waals surface area contributed by atoms with Gasteiger partial charge in [-0.1, -0.05) is 24.3 Å². The van der Waals surface area contributed by atoms with Crippen molar-refractivity contribution in [1.29, 1.82) is 0 Å². The molecule has 0 aliphatic carbocycles. The van der Waals surface area contributed by atoms with Gasteiger partial charge in [-0.25, -0.2) is 4.79 Å². The molecular weight excluding hydrogens is 332 g/mol. The Morgan fingerprint density at radius 2 is 1.69 bits per heavy atom. The third-order valence-corrected chi connectivity index (χ3v) is 3.94. The fourth-order valence-electron chi connectivity index (χ4n) is 2.27. The Bertz CT molecular complexity index is 813. The van der Waals surface area contributed by atoms with E-state index in [4.69, 9.17) is 4.74 Å². The highest BCUT2D eigenvalue weighted by atomic mass is 16.5. The van der Waals surface area contributed by atoms with Crippen LogP contribution in [0.4, 0.5) is 5.69 Å². The highest BCUT2D eigenvalue weighted by molar-refractivity contribution is 5.96. The molecule has 0 saturated carbocycles. The van der Waals surface area contributed by atoms with E-state index in [0.717, 1.165) is 16.7 Å². The zero-order chi connectivity index (χ0) is 19.1. The summed E-state index contributed by atoms with van der Waals surface area (Å²) in [5.74, 6) is -1.09. The number of nitrogens with one attached hydrogen (secondary N) is 2. The summed E-state index contributed by atoms with van der Waals surface area (Å²) in [6.07, 6.45) is 0. The van der Waals surface area contributed by atoms with Crippen LogP contribution in [0.1, 0.15) is 34.0 Å². The van der Waals surface area contributed by atoms with Crippen LogP contribution in [0.15, 0.2) is 42.5 Å². The quantitative estimate of drug-likeness (QED) is 0.781. The van der Waals surface area contributed by atoms with Crippen molar-refractivity contribution in [3.8, 4) is 0 Å². The van der Waals surface area contributed by atoms with E-state index >= 15 is 0 Å². The van der Waals surface area contributed by atoms with Crippen LogP contribution in [0.2, 0.25) is 0 Å². The lowest BCUT2D eigenvalue weighted by Crippen LogP contribution is -2.21. The molecule has 136 valence electrons. The largest absolute Gasteiger partial charge is 0.452 e. The number of benzene rings is 2. The molecule has 0 aliphatic rings. The van der Waals surface area contributed by atoms with Crippen molar-refractivity contribution in [3.05, 3.63) is 64.7 Å². The van der Waals surface area contributed by atoms with E-state index in [-0.39, 0.29) is 12.5 Å². The summed E-state index contributed by atoms with van der Waals surface area (Å²) in [5, 5.41) is 5.41. The van der Waals surface area contributed by atoms with Gasteiger partial charge in [-0.15, -0.1) is 0 Å². The minimum Gasteiger partial charge on any atom is -0.452 e. The Hall–Kier alpha value is -3.15. The molecule has 6 nitrogen and oxygen atoms in total. The first-order chi connectivity index (χ1) is 12.4. The molecule has 0 bridgehead atoms. The van der Waals surface area contributed by atoms with Crippen LogP contribution in [0.5, 0.6) is 0 Å². The van der Waals surface area contributed by atoms with Gasteiger partial charge in [-0.2, -0.15) is 0 Å². The van der Waals surface area contributed by atoms with Crippen LogP contribution >= 0.6 is 0 Å². The maximum absolute atomic E-state index is 12.0. The van der Waals surface area contributed by atoms with Gasteiger partial charge in [-0.05, 0) is 48.7 Å². The summed E-state index contributed by atoms with van der Waals surface area (Å²) in [7, 11) is 0. The van der Waals surface area contributed by atoms with Crippen LogP contribution in [0.25, 0.3) is 0 Å². The summed E-state index contributed by atoms with van der Waals surface area (Å²) < 4.78 is 5.05. The second kappa shape index (κ2) is 8.80. The number of hydrogen-bond acceptors (Lipinski definition) is 4. The van der Waals surface area contributed by atoms with E-state index in [9.17, 15) is 14.4 Å². The monoisotopic (exact) mass is 354 g/mol. The lowest BCUT2D eigenvalue weighted by Gasteiger charge is -2.10. The number of carbonyl (C=O) groups excluding carboxylic acids is 3. The number of anilines is 1. The number of amides is 2. The van der Waals surface area contributed by atoms with Crippen LogP contribution < -0.4 is 10.6 Å². The molecule has 0 spiro atoms. The molecule has 2 rings (SSSR count). The van der Waals surface area contributed by atoms with Gasteiger partial charge in [0.2, 0.25) is 5.91 Å². The standard InChI is InChI=1S/C20H22N2O4/c1-13-5-4-6-18(14(13)2)22-19(24)12-26-20(25)17-9-7-16(8-10-17)11-21-15(3)23/h4-10H,11-12H2,1-3H3,(H,21,23)(H,22,24). The van der Waals surface area contributed by atoms with E-state index in [1.54, 1.807) is 30.3 Å². The third-order valence-electron chi connectivity index (χ3n) is 3.94. The molecule has 0 unspecified atom stereocenters. The van der Waals surface area contributed by atoms with Crippen molar-refractivity contribution in [1.82, 2.24) is 5.32 Å². The van der Waals surface area contributed by atoms with Crippen molar-refractivity contribution in [2.24, 2.45) is 0 Å². The van der Waals surface area contributed by atoms with Gasteiger partial charge >= 0.3 is 5.97 Å². The molecule has 0 heterocycles. The van der Waals surface area contributed by atoms with Gasteiger partial charge in [0.05, 0.1) is 5.56 Å². The number of ether oxygens (including phenoxy) is 1. The summed E-state index contributed by atoms with van der Waals surface area (Å²) in [4.78, 5) is 34.9. The molecule has 2 amide bonds. The third kappa shape index (κ3) is 5.44. The lowest BCUT2D eigenvalue weighted by atomic mass is 10.1. The molecule has 26 heavy (non-hydrogen) atoms. The normalized spacial score (nSPS) is 10.1. The molecule has 0 radical (unpaired) electrons. The molecule has 6 heteroatoms. The van der Waals surface area contributed by atoms with E-state index in [0.29, 0.717) is 17.8 Å². The van der Waals surface area contributed by atoms with E-state index < -0.39 is 11.9 Å². The molecule has 0 fully saturated rings. The predicted molar refractivity (Wildman–Crippen MR) is 98.8 cm³/mol. The smallest absolute Gasteiger partial charge is 0.338 e. The molecule has 2 aromatic rings. The predicted octanol–water partition coefficient (Wildman–Crippen LogP) is 2.74. The lowest BCUT2D eigenvalue weighted by molar-refractivity contribution is -0.119. The minimum atomic E-state index is -0.577. The molecule has 2 N–H and O–H groups in total. The Morgan fingerprint density at radius 3 is 2.35 bits per heavy atom. The summed E-state index contributed by atoms with van der Waals surface area (Å²) in [5.41, 5.74) is 3.95. The Morgan fingerprint density at radius 1 is 1.00 bits per heavy atom. The molecule has 0 aromatic heterocycles. The highest BCUT2D eigenvalue weighted by Crippen LogP contribution is 2.17. The fraction of sp³-hybridized carbons (Fsp3) is 0.250. The van der Waals surface area contributed by atoms with E-state index in [2.05, 4.69) is 10.6 Å². The maximum atomic E-state index is 12.0. The number of carbonyl (C=O) groups is 3. The van der Waals surface area contributed by atoms with Gasteiger partial charge in [0.15, 0.2) is 6.61 Å². The number of hydrogen-bond donors (Lipinski definition) is 2. The van der Waals surface area contributed by atoms with Crippen molar-refractivity contribution in [3.63, 3.8) is 0 Å². The Balaban J connectivity index is 1.86. The van der Waals surface area contributed by atoms with Crippen molar-refractivity contribution >= 4 is 23.5 Å². The van der Waals surface area contributed by atoms with Crippen molar-refractivity contribution in [2.45, 2.75) is 27.3 Å². The van der Waals surface area contributed by atoms with Gasteiger partial charge < -0.3 is 15.4 Å². The first kappa shape index (κ1) is 19.2. The first-order valence-electron chi connectivity index (χ1n) is 8.23. The maximum Gasteiger partial charge on any atom is 0.338 e. The fourth-order valence-corrected chi connectivity index (χ4v) is 2.27. The number of rotatable bonds is 6. The zero-order valence-electron chi connectivity index (χ0n) is 15.1. The van der Waals surface area contributed by atoms with Gasteiger partial charge in [0.25, 0.3) is 5.91 Å². The van der Waals surface area contributed by atoms with Gasteiger partial charge in [0.1, 0.15) is 0 Å². The van der Waals surface area contributed by atoms with Crippen molar-refractivity contribution < 1.29 is 19.1 Å². The average Bonchev–Trinajstić information content (AvgIpc) is 2.62.